The van der Waals surface area contributed by atoms with Crippen molar-refractivity contribution in [3.05, 3.63) is 29.3 Å². The fourth-order valence-corrected chi connectivity index (χ4v) is 2.85. The first-order valence-electron chi connectivity index (χ1n) is 7.97. The summed E-state index contributed by atoms with van der Waals surface area (Å²) in [5, 5.41) is 12.0. The quantitative estimate of drug-likeness (QED) is 0.772. The van der Waals surface area contributed by atoms with Crippen molar-refractivity contribution in [2.45, 2.75) is 39.0 Å². The average Bonchev–Trinajstić information content (AvgIpc) is 2.92. The van der Waals surface area contributed by atoms with Crippen LogP contribution in [-0.4, -0.2) is 42.2 Å². The summed E-state index contributed by atoms with van der Waals surface area (Å²) in [4.78, 5) is 14.1. The Balaban J connectivity index is 1.87. The third-order valence-corrected chi connectivity index (χ3v) is 3.99. The summed E-state index contributed by atoms with van der Waals surface area (Å²) in [6.45, 7) is 3.97. The minimum absolute atomic E-state index is 0.00231. The summed E-state index contributed by atoms with van der Waals surface area (Å²) < 4.78 is 0. The molecule has 0 aromatic heterocycles. The number of anilines is 1. The molecule has 116 valence electrons. The number of carbonyl (C=O) groups excluding carboxylic acids is 1. The zero-order chi connectivity index (χ0) is 15.1. The van der Waals surface area contributed by atoms with Crippen LogP contribution in [0.5, 0.6) is 0 Å². The highest BCUT2D eigenvalue weighted by Gasteiger charge is 2.13. The monoisotopic (exact) mass is 290 g/mol. The topological polar surface area (TPSA) is 52.6 Å². The number of nitrogens with zero attached hydrogens (tertiary/aromatic N) is 1. The number of amides is 1. The Morgan fingerprint density at radius 3 is 2.86 bits per heavy atom. The minimum Gasteiger partial charge on any atom is -0.395 e. The highest BCUT2D eigenvalue weighted by atomic mass is 16.3. The SMILES string of the molecule is CCCCN(CCO)CC(=O)Nc1ccc2c(c1)CCC2. The first-order chi connectivity index (χ1) is 10.2. The molecule has 0 saturated heterocycles. The van der Waals surface area contributed by atoms with Gasteiger partial charge in [-0.25, -0.2) is 0 Å². The maximum absolute atomic E-state index is 12.1. The molecule has 4 nitrogen and oxygen atoms in total. The van der Waals surface area contributed by atoms with Crippen LogP contribution in [0.4, 0.5) is 5.69 Å². The van der Waals surface area contributed by atoms with Crippen LogP contribution in [0.1, 0.15) is 37.3 Å². The second kappa shape index (κ2) is 8.15. The van der Waals surface area contributed by atoms with E-state index in [1.54, 1.807) is 0 Å². The third-order valence-electron chi connectivity index (χ3n) is 3.99. The van der Waals surface area contributed by atoms with Crippen molar-refractivity contribution < 1.29 is 9.90 Å². The van der Waals surface area contributed by atoms with Crippen molar-refractivity contribution in [1.29, 1.82) is 0 Å². The number of unbranched alkanes of at least 4 members (excludes halogenated alkanes) is 1. The van der Waals surface area contributed by atoms with E-state index in [-0.39, 0.29) is 12.5 Å². The lowest BCUT2D eigenvalue weighted by Gasteiger charge is -2.20. The summed E-state index contributed by atoms with van der Waals surface area (Å²) in [5.74, 6) is -0.00231. The molecule has 1 aromatic carbocycles. The van der Waals surface area contributed by atoms with Gasteiger partial charge in [0.15, 0.2) is 0 Å². The van der Waals surface area contributed by atoms with Gasteiger partial charge >= 0.3 is 0 Å². The van der Waals surface area contributed by atoms with Gasteiger partial charge in [-0.2, -0.15) is 0 Å². The number of nitrogens with one attached hydrogen (secondary N) is 1. The van der Waals surface area contributed by atoms with Gasteiger partial charge in [-0.3, -0.25) is 9.69 Å². The van der Waals surface area contributed by atoms with Crippen molar-refractivity contribution in [1.82, 2.24) is 4.90 Å². The number of hydrogen-bond donors (Lipinski definition) is 2. The number of hydrogen-bond acceptors (Lipinski definition) is 3. The molecule has 0 bridgehead atoms. The summed E-state index contributed by atoms with van der Waals surface area (Å²) >= 11 is 0. The molecule has 0 radical (unpaired) electrons. The van der Waals surface area contributed by atoms with E-state index in [2.05, 4.69) is 24.4 Å². The van der Waals surface area contributed by atoms with Gasteiger partial charge in [0.1, 0.15) is 0 Å². The minimum atomic E-state index is -0.00231. The number of fused-ring (bicyclic) bond motifs is 1. The highest BCUT2D eigenvalue weighted by Crippen LogP contribution is 2.24. The lowest BCUT2D eigenvalue weighted by atomic mass is 10.1. The Morgan fingerprint density at radius 1 is 1.29 bits per heavy atom. The van der Waals surface area contributed by atoms with Gasteiger partial charge < -0.3 is 10.4 Å². The van der Waals surface area contributed by atoms with Crippen LogP contribution in [0, 0.1) is 0 Å². The summed E-state index contributed by atoms with van der Waals surface area (Å²) in [7, 11) is 0. The number of benzene rings is 1. The Kier molecular flexibility index (Phi) is 6.21. The molecule has 4 heteroatoms. The van der Waals surface area contributed by atoms with Gasteiger partial charge in [0.2, 0.25) is 5.91 Å². The fraction of sp³-hybridized carbons (Fsp3) is 0.588. The van der Waals surface area contributed by atoms with E-state index in [4.69, 9.17) is 5.11 Å². The molecule has 0 atom stereocenters. The van der Waals surface area contributed by atoms with E-state index in [1.807, 2.05) is 11.0 Å². The zero-order valence-corrected chi connectivity index (χ0v) is 12.9. The van der Waals surface area contributed by atoms with Crippen LogP contribution in [0.3, 0.4) is 0 Å². The van der Waals surface area contributed by atoms with Crippen molar-refractivity contribution in [3.63, 3.8) is 0 Å². The van der Waals surface area contributed by atoms with Crippen LogP contribution in [0.2, 0.25) is 0 Å². The molecule has 21 heavy (non-hydrogen) atoms. The molecule has 0 saturated carbocycles. The van der Waals surface area contributed by atoms with Crippen LogP contribution in [-0.2, 0) is 17.6 Å². The number of aliphatic hydroxyl groups excluding tert-OH is 1. The third kappa shape index (κ3) is 4.83. The van der Waals surface area contributed by atoms with Gasteiger partial charge in [0.25, 0.3) is 0 Å². The summed E-state index contributed by atoms with van der Waals surface area (Å²) in [5.41, 5.74) is 3.67. The molecule has 0 fully saturated rings. The predicted octanol–water partition coefficient (Wildman–Crippen LogP) is 2.21. The van der Waals surface area contributed by atoms with Gasteiger partial charge in [0.05, 0.1) is 13.2 Å². The molecule has 0 heterocycles. The van der Waals surface area contributed by atoms with Gasteiger partial charge in [0, 0.05) is 12.2 Å². The summed E-state index contributed by atoms with van der Waals surface area (Å²) in [6.07, 6.45) is 5.63. The molecule has 1 aromatic rings. The van der Waals surface area contributed by atoms with E-state index < -0.39 is 0 Å². The van der Waals surface area contributed by atoms with Crippen molar-refractivity contribution in [2.75, 3.05) is 31.6 Å². The summed E-state index contributed by atoms with van der Waals surface area (Å²) in [6, 6.07) is 6.22. The molecule has 1 amide bonds. The average molecular weight is 290 g/mol. The van der Waals surface area contributed by atoms with Crippen LogP contribution < -0.4 is 5.32 Å². The van der Waals surface area contributed by atoms with E-state index in [0.29, 0.717) is 13.1 Å². The van der Waals surface area contributed by atoms with E-state index in [0.717, 1.165) is 37.9 Å². The van der Waals surface area contributed by atoms with E-state index >= 15 is 0 Å². The van der Waals surface area contributed by atoms with Crippen molar-refractivity contribution >= 4 is 11.6 Å². The fourth-order valence-electron chi connectivity index (χ4n) is 2.85. The van der Waals surface area contributed by atoms with Crippen LogP contribution >= 0.6 is 0 Å². The smallest absolute Gasteiger partial charge is 0.238 e. The Bertz CT molecular complexity index is 474. The highest BCUT2D eigenvalue weighted by molar-refractivity contribution is 5.92. The Morgan fingerprint density at radius 2 is 2.10 bits per heavy atom. The maximum Gasteiger partial charge on any atom is 0.238 e. The second-order valence-electron chi connectivity index (χ2n) is 5.74. The molecule has 0 aliphatic heterocycles. The number of aryl methyl sites for hydroxylation is 2. The van der Waals surface area contributed by atoms with Crippen molar-refractivity contribution in [2.24, 2.45) is 0 Å². The zero-order valence-electron chi connectivity index (χ0n) is 12.9. The van der Waals surface area contributed by atoms with Gasteiger partial charge in [-0.05, 0) is 55.5 Å². The van der Waals surface area contributed by atoms with Crippen molar-refractivity contribution in [3.8, 4) is 0 Å². The lowest BCUT2D eigenvalue weighted by Crippen LogP contribution is -2.35. The maximum atomic E-state index is 12.1. The number of aliphatic hydroxyl groups is 1. The van der Waals surface area contributed by atoms with E-state index in [9.17, 15) is 4.79 Å². The standard InChI is InChI=1S/C17H26N2O2/c1-2-3-9-19(10-11-20)13-17(21)18-16-8-7-14-5-4-6-15(14)12-16/h7-8,12,20H,2-6,9-11,13H2,1H3,(H,18,21). The molecule has 2 rings (SSSR count). The Hall–Kier alpha value is -1.39. The molecule has 1 aliphatic carbocycles. The lowest BCUT2D eigenvalue weighted by molar-refractivity contribution is -0.117. The molecule has 2 N–H and O–H groups in total. The second-order valence-corrected chi connectivity index (χ2v) is 5.74. The number of carbonyl (C=O) groups is 1. The Labute approximate surface area is 127 Å². The first-order valence-corrected chi connectivity index (χ1v) is 7.97. The molecular formula is C17H26N2O2. The van der Waals surface area contributed by atoms with E-state index in [1.165, 1.54) is 17.5 Å². The van der Waals surface area contributed by atoms with Crippen LogP contribution in [0.15, 0.2) is 18.2 Å². The first kappa shape index (κ1) is 16.0. The van der Waals surface area contributed by atoms with Gasteiger partial charge in [-0.1, -0.05) is 19.4 Å². The largest absolute Gasteiger partial charge is 0.395 e. The molecule has 1 aliphatic rings. The number of rotatable bonds is 8. The molecular weight excluding hydrogens is 264 g/mol. The van der Waals surface area contributed by atoms with Gasteiger partial charge in [-0.15, -0.1) is 0 Å². The predicted molar refractivity (Wildman–Crippen MR) is 85.5 cm³/mol. The van der Waals surface area contributed by atoms with Crippen LogP contribution in [0.25, 0.3) is 0 Å². The normalized spacial score (nSPS) is 13.5. The molecule has 0 unspecified atom stereocenters. The molecule has 0 spiro atoms.